The average Bonchev–Trinajstić information content (AvgIpc) is 2.56. The molecule has 0 aliphatic rings. The number of ether oxygens (including phenoxy) is 2. The number of anilines is 1. The first-order valence-electron chi connectivity index (χ1n) is 7.32. The smallest absolute Gasteiger partial charge is 0.267 e. The first kappa shape index (κ1) is 15.9. The topological polar surface area (TPSA) is 38.8 Å². The number of methoxy groups -OCH3 is 1. The number of carbonyl (C=O) groups is 1. The lowest BCUT2D eigenvalue weighted by molar-refractivity contribution is -0.124. The summed E-state index contributed by atoms with van der Waals surface area (Å²) in [6.45, 7) is 4.30. The van der Waals surface area contributed by atoms with Crippen LogP contribution in [0.25, 0.3) is 0 Å². The summed E-state index contributed by atoms with van der Waals surface area (Å²) in [4.78, 5) is 14.3. The molecule has 0 spiro atoms. The van der Waals surface area contributed by atoms with E-state index < -0.39 is 6.10 Å². The molecule has 0 N–H and O–H groups in total. The normalized spacial score (nSPS) is 11.6. The van der Waals surface area contributed by atoms with Gasteiger partial charge in [0.05, 0.1) is 7.11 Å². The van der Waals surface area contributed by atoms with Crippen LogP contribution in [-0.4, -0.2) is 25.7 Å². The molecule has 4 nitrogen and oxygen atoms in total. The maximum absolute atomic E-state index is 12.6. The minimum Gasteiger partial charge on any atom is -0.497 e. The van der Waals surface area contributed by atoms with Gasteiger partial charge < -0.3 is 14.4 Å². The first-order valence-corrected chi connectivity index (χ1v) is 7.32. The molecule has 0 fully saturated rings. The fourth-order valence-corrected chi connectivity index (χ4v) is 2.22. The molecule has 0 saturated carbocycles. The Morgan fingerprint density at radius 3 is 2.41 bits per heavy atom. The van der Waals surface area contributed by atoms with E-state index in [1.807, 2.05) is 55.5 Å². The second-order valence-electron chi connectivity index (χ2n) is 4.86. The molecule has 0 bridgehead atoms. The Balaban J connectivity index is 2.10. The van der Waals surface area contributed by atoms with Crippen LogP contribution in [0.4, 0.5) is 5.69 Å². The SMILES string of the molecule is CCN(C(=O)C(C)Oc1cccc(OC)c1)c1ccccc1. The highest BCUT2D eigenvalue weighted by Gasteiger charge is 2.22. The molecule has 2 aromatic rings. The summed E-state index contributed by atoms with van der Waals surface area (Å²) in [6, 6.07) is 16.8. The van der Waals surface area contributed by atoms with Crippen molar-refractivity contribution in [2.45, 2.75) is 20.0 Å². The third-order valence-electron chi connectivity index (χ3n) is 3.35. The molecular formula is C18H21NO3. The second kappa shape index (κ2) is 7.50. The maximum Gasteiger partial charge on any atom is 0.267 e. The quantitative estimate of drug-likeness (QED) is 0.819. The Kier molecular flexibility index (Phi) is 5.42. The largest absolute Gasteiger partial charge is 0.497 e. The van der Waals surface area contributed by atoms with Gasteiger partial charge in [-0.25, -0.2) is 0 Å². The number of hydrogen-bond acceptors (Lipinski definition) is 3. The highest BCUT2D eigenvalue weighted by molar-refractivity contribution is 5.96. The van der Waals surface area contributed by atoms with Crippen molar-refractivity contribution >= 4 is 11.6 Å². The number of hydrogen-bond donors (Lipinski definition) is 0. The van der Waals surface area contributed by atoms with E-state index in [0.717, 1.165) is 5.69 Å². The number of amides is 1. The summed E-state index contributed by atoms with van der Waals surface area (Å²) >= 11 is 0. The van der Waals surface area contributed by atoms with Crippen LogP contribution in [0.1, 0.15) is 13.8 Å². The van der Waals surface area contributed by atoms with Crippen LogP contribution in [-0.2, 0) is 4.79 Å². The summed E-state index contributed by atoms with van der Waals surface area (Å²) in [5.74, 6) is 1.24. The fraction of sp³-hybridized carbons (Fsp3) is 0.278. The van der Waals surface area contributed by atoms with Gasteiger partial charge in [-0.05, 0) is 38.1 Å². The molecule has 1 amide bonds. The molecule has 1 unspecified atom stereocenters. The standard InChI is InChI=1S/C18H21NO3/c1-4-19(15-9-6-5-7-10-15)18(20)14(2)22-17-12-8-11-16(13-17)21-3/h5-14H,4H2,1-3H3. The Morgan fingerprint density at radius 1 is 1.09 bits per heavy atom. The summed E-state index contributed by atoms with van der Waals surface area (Å²) in [5, 5.41) is 0. The van der Waals surface area contributed by atoms with Crippen molar-refractivity contribution in [2.24, 2.45) is 0 Å². The second-order valence-corrected chi connectivity index (χ2v) is 4.86. The van der Waals surface area contributed by atoms with Gasteiger partial charge in [0, 0.05) is 18.3 Å². The van der Waals surface area contributed by atoms with Crippen molar-refractivity contribution < 1.29 is 14.3 Å². The minimum absolute atomic E-state index is 0.0727. The predicted molar refractivity (Wildman–Crippen MR) is 87.6 cm³/mol. The van der Waals surface area contributed by atoms with Crippen molar-refractivity contribution in [1.29, 1.82) is 0 Å². The van der Waals surface area contributed by atoms with Gasteiger partial charge in [0.2, 0.25) is 0 Å². The van der Waals surface area contributed by atoms with Gasteiger partial charge >= 0.3 is 0 Å². The lowest BCUT2D eigenvalue weighted by Crippen LogP contribution is -2.40. The lowest BCUT2D eigenvalue weighted by Gasteiger charge is -2.25. The number of benzene rings is 2. The van der Waals surface area contributed by atoms with Crippen molar-refractivity contribution in [3.05, 3.63) is 54.6 Å². The van der Waals surface area contributed by atoms with Crippen molar-refractivity contribution in [3.63, 3.8) is 0 Å². The Bertz CT molecular complexity index is 613. The van der Waals surface area contributed by atoms with Gasteiger partial charge in [-0.2, -0.15) is 0 Å². The zero-order chi connectivity index (χ0) is 15.9. The summed E-state index contributed by atoms with van der Waals surface area (Å²) in [5.41, 5.74) is 0.871. The van der Waals surface area contributed by atoms with Gasteiger partial charge in [0.15, 0.2) is 6.10 Å². The summed E-state index contributed by atoms with van der Waals surface area (Å²) in [7, 11) is 1.60. The van der Waals surface area contributed by atoms with E-state index in [4.69, 9.17) is 9.47 Å². The van der Waals surface area contributed by atoms with E-state index in [1.54, 1.807) is 25.0 Å². The molecular weight excluding hydrogens is 278 g/mol. The molecule has 0 aromatic heterocycles. The highest BCUT2D eigenvalue weighted by atomic mass is 16.5. The predicted octanol–water partition coefficient (Wildman–Crippen LogP) is 3.52. The van der Waals surface area contributed by atoms with Gasteiger partial charge in [-0.1, -0.05) is 24.3 Å². The Morgan fingerprint density at radius 2 is 1.77 bits per heavy atom. The number of rotatable bonds is 6. The molecule has 22 heavy (non-hydrogen) atoms. The van der Waals surface area contributed by atoms with Gasteiger partial charge in [-0.15, -0.1) is 0 Å². The molecule has 2 aromatic carbocycles. The van der Waals surface area contributed by atoms with E-state index in [0.29, 0.717) is 18.0 Å². The molecule has 0 aliphatic carbocycles. The number of nitrogens with zero attached hydrogens (tertiary/aromatic N) is 1. The van der Waals surface area contributed by atoms with Crippen LogP contribution in [0.5, 0.6) is 11.5 Å². The lowest BCUT2D eigenvalue weighted by atomic mass is 10.2. The van der Waals surface area contributed by atoms with E-state index in [1.165, 1.54) is 0 Å². The molecule has 1 atom stereocenters. The van der Waals surface area contributed by atoms with Crippen LogP contribution in [0.3, 0.4) is 0 Å². The zero-order valence-electron chi connectivity index (χ0n) is 13.2. The van der Waals surface area contributed by atoms with Gasteiger partial charge in [0.25, 0.3) is 5.91 Å². The number of likely N-dealkylation sites (N-methyl/N-ethyl adjacent to an activating group) is 1. The Labute approximate surface area is 131 Å². The average molecular weight is 299 g/mol. The molecule has 0 radical (unpaired) electrons. The van der Waals surface area contributed by atoms with E-state index >= 15 is 0 Å². The van der Waals surface area contributed by atoms with Crippen molar-refractivity contribution in [3.8, 4) is 11.5 Å². The van der Waals surface area contributed by atoms with Crippen LogP contribution >= 0.6 is 0 Å². The highest BCUT2D eigenvalue weighted by Crippen LogP contribution is 2.21. The maximum atomic E-state index is 12.6. The van der Waals surface area contributed by atoms with Gasteiger partial charge in [-0.3, -0.25) is 4.79 Å². The third kappa shape index (κ3) is 3.79. The van der Waals surface area contributed by atoms with E-state index in [-0.39, 0.29) is 5.91 Å². The molecule has 116 valence electrons. The van der Waals surface area contributed by atoms with Crippen LogP contribution in [0, 0.1) is 0 Å². The summed E-state index contributed by atoms with van der Waals surface area (Å²) < 4.78 is 10.9. The number of carbonyl (C=O) groups excluding carboxylic acids is 1. The van der Waals surface area contributed by atoms with E-state index in [2.05, 4.69) is 0 Å². The minimum atomic E-state index is -0.577. The number of para-hydroxylation sites is 1. The summed E-state index contributed by atoms with van der Waals surface area (Å²) in [6.07, 6.45) is -0.577. The Hall–Kier alpha value is -2.49. The van der Waals surface area contributed by atoms with Crippen LogP contribution in [0.15, 0.2) is 54.6 Å². The fourth-order valence-electron chi connectivity index (χ4n) is 2.22. The molecule has 0 aliphatic heterocycles. The van der Waals surface area contributed by atoms with Crippen molar-refractivity contribution in [2.75, 3.05) is 18.6 Å². The van der Waals surface area contributed by atoms with Crippen LogP contribution < -0.4 is 14.4 Å². The molecule has 0 saturated heterocycles. The monoisotopic (exact) mass is 299 g/mol. The van der Waals surface area contributed by atoms with Crippen molar-refractivity contribution in [1.82, 2.24) is 0 Å². The van der Waals surface area contributed by atoms with Gasteiger partial charge in [0.1, 0.15) is 11.5 Å². The molecule has 2 rings (SSSR count). The first-order chi connectivity index (χ1) is 10.7. The zero-order valence-corrected chi connectivity index (χ0v) is 13.2. The van der Waals surface area contributed by atoms with Crippen LogP contribution in [0.2, 0.25) is 0 Å². The third-order valence-corrected chi connectivity index (χ3v) is 3.35. The molecule has 0 heterocycles. The molecule has 4 heteroatoms. The van der Waals surface area contributed by atoms with E-state index in [9.17, 15) is 4.79 Å².